The fraction of sp³-hybridized carbons (Fsp3) is 0.267. The molecule has 1 unspecified atom stereocenters. The number of aromatic nitrogens is 1. The first-order chi connectivity index (χ1) is 9.08. The van der Waals surface area contributed by atoms with Gasteiger partial charge in [-0.1, -0.05) is 34.1 Å². The van der Waals surface area contributed by atoms with E-state index in [0.717, 1.165) is 16.0 Å². The van der Waals surface area contributed by atoms with Crippen molar-refractivity contribution in [1.82, 2.24) is 4.98 Å². The van der Waals surface area contributed by atoms with Crippen molar-refractivity contribution >= 4 is 27.4 Å². The second kappa shape index (κ2) is 6.06. The number of nitrogens with zero attached hydrogens (tertiary/aromatic N) is 2. The number of hydrogen-bond acceptors (Lipinski definition) is 3. The first kappa shape index (κ1) is 13.9. The molecule has 1 aromatic carbocycles. The fourth-order valence-corrected chi connectivity index (χ4v) is 2.52. The van der Waals surface area contributed by atoms with Gasteiger partial charge in [-0.25, -0.2) is 4.98 Å². The molecule has 0 spiro atoms. The van der Waals surface area contributed by atoms with Gasteiger partial charge in [-0.2, -0.15) is 0 Å². The van der Waals surface area contributed by atoms with Gasteiger partial charge >= 0.3 is 0 Å². The quantitative estimate of drug-likeness (QED) is 0.920. The molecular weight excluding hydrogens is 302 g/mol. The van der Waals surface area contributed by atoms with Crippen LogP contribution in [-0.4, -0.2) is 19.1 Å². The molecule has 0 aliphatic heterocycles. The van der Waals surface area contributed by atoms with Crippen molar-refractivity contribution in [3.63, 3.8) is 0 Å². The Labute approximate surface area is 122 Å². The monoisotopic (exact) mass is 319 g/mol. The van der Waals surface area contributed by atoms with Gasteiger partial charge in [0.2, 0.25) is 0 Å². The number of pyridine rings is 1. The smallest absolute Gasteiger partial charge is 0.128 e. The summed E-state index contributed by atoms with van der Waals surface area (Å²) in [5.41, 5.74) is 2.26. The van der Waals surface area contributed by atoms with Crippen LogP contribution in [0.15, 0.2) is 47.1 Å². The minimum atomic E-state index is 0.225. The van der Waals surface area contributed by atoms with Crippen molar-refractivity contribution in [2.45, 2.75) is 13.0 Å². The molecule has 0 aliphatic rings. The highest BCUT2D eigenvalue weighted by molar-refractivity contribution is 9.10. The zero-order valence-corrected chi connectivity index (χ0v) is 13.0. The maximum atomic E-state index is 4.40. The SMILES string of the molecule is CC(Nc1ccc(N(C)C)nc1)c1ccccc1Br. The van der Waals surface area contributed by atoms with Crippen molar-refractivity contribution in [3.05, 3.63) is 52.6 Å². The van der Waals surface area contributed by atoms with Gasteiger partial charge in [0.25, 0.3) is 0 Å². The molecule has 4 heteroatoms. The molecule has 3 nitrogen and oxygen atoms in total. The van der Waals surface area contributed by atoms with Gasteiger partial charge in [0.1, 0.15) is 5.82 Å². The molecule has 0 radical (unpaired) electrons. The van der Waals surface area contributed by atoms with Crippen LogP contribution in [0.4, 0.5) is 11.5 Å². The summed E-state index contributed by atoms with van der Waals surface area (Å²) in [6.45, 7) is 2.14. The van der Waals surface area contributed by atoms with Gasteiger partial charge in [-0.3, -0.25) is 0 Å². The summed E-state index contributed by atoms with van der Waals surface area (Å²) in [6, 6.07) is 12.5. The van der Waals surface area contributed by atoms with Gasteiger partial charge in [0.05, 0.1) is 11.9 Å². The molecule has 0 aliphatic carbocycles. The predicted molar refractivity (Wildman–Crippen MR) is 84.7 cm³/mol. The van der Waals surface area contributed by atoms with E-state index in [1.165, 1.54) is 5.56 Å². The second-order valence-electron chi connectivity index (χ2n) is 4.69. The van der Waals surface area contributed by atoms with E-state index >= 15 is 0 Å². The zero-order valence-electron chi connectivity index (χ0n) is 11.4. The zero-order chi connectivity index (χ0) is 13.8. The van der Waals surface area contributed by atoms with Crippen LogP contribution in [0.25, 0.3) is 0 Å². The van der Waals surface area contributed by atoms with E-state index in [4.69, 9.17) is 0 Å². The molecular formula is C15H18BrN3. The van der Waals surface area contributed by atoms with Gasteiger partial charge in [0.15, 0.2) is 0 Å². The first-order valence-corrected chi connectivity index (χ1v) is 7.01. The van der Waals surface area contributed by atoms with Gasteiger partial charge in [0, 0.05) is 24.6 Å². The Kier molecular flexibility index (Phi) is 4.43. The van der Waals surface area contributed by atoms with E-state index in [1.807, 2.05) is 43.4 Å². The topological polar surface area (TPSA) is 28.2 Å². The van der Waals surface area contributed by atoms with E-state index in [-0.39, 0.29) is 6.04 Å². The van der Waals surface area contributed by atoms with E-state index in [2.05, 4.69) is 51.4 Å². The van der Waals surface area contributed by atoms with Crippen molar-refractivity contribution in [1.29, 1.82) is 0 Å². The number of hydrogen-bond donors (Lipinski definition) is 1. The number of halogens is 1. The largest absolute Gasteiger partial charge is 0.377 e. The molecule has 1 N–H and O–H groups in total. The third-order valence-corrected chi connectivity index (χ3v) is 3.68. The number of nitrogens with one attached hydrogen (secondary N) is 1. The summed E-state index contributed by atoms with van der Waals surface area (Å²) in [7, 11) is 3.97. The van der Waals surface area contributed by atoms with Crippen LogP contribution in [-0.2, 0) is 0 Å². The number of benzene rings is 1. The van der Waals surface area contributed by atoms with Crippen LogP contribution in [0.2, 0.25) is 0 Å². The molecule has 19 heavy (non-hydrogen) atoms. The Morgan fingerprint density at radius 2 is 1.89 bits per heavy atom. The minimum absolute atomic E-state index is 0.225. The van der Waals surface area contributed by atoms with Crippen LogP contribution in [0.3, 0.4) is 0 Å². The van der Waals surface area contributed by atoms with E-state index in [0.29, 0.717) is 0 Å². The van der Waals surface area contributed by atoms with E-state index in [1.54, 1.807) is 0 Å². The lowest BCUT2D eigenvalue weighted by Crippen LogP contribution is -2.11. The Bertz CT molecular complexity index is 537. The maximum absolute atomic E-state index is 4.40. The molecule has 0 saturated carbocycles. The standard InChI is InChI=1S/C15H18BrN3/c1-11(13-6-4-5-7-14(13)16)18-12-8-9-15(17-10-12)19(2)3/h4-11,18H,1-3H3. The highest BCUT2D eigenvalue weighted by atomic mass is 79.9. The lowest BCUT2D eigenvalue weighted by Gasteiger charge is -2.18. The Morgan fingerprint density at radius 1 is 1.16 bits per heavy atom. The highest BCUT2D eigenvalue weighted by Crippen LogP contribution is 2.26. The highest BCUT2D eigenvalue weighted by Gasteiger charge is 2.08. The third kappa shape index (κ3) is 3.47. The molecule has 0 bridgehead atoms. The summed E-state index contributed by atoms with van der Waals surface area (Å²) < 4.78 is 1.12. The lowest BCUT2D eigenvalue weighted by molar-refractivity contribution is 0.876. The summed E-state index contributed by atoms with van der Waals surface area (Å²) in [4.78, 5) is 6.39. The first-order valence-electron chi connectivity index (χ1n) is 6.22. The molecule has 1 heterocycles. The molecule has 1 aromatic heterocycles. The van der Waals surface area contributed by atoms with E-state index < -0.39 is 0 Å². The van der Waals surface area contributed by atoms with Crippen LogP contribution in [0.1, 0.15) is 18.5 Å². The average Bonchev–Trinajstić information content (AvgIpc) is 2.39. The van der Waals surface area contributed by atoms with Crippen molar-refractivity contribution in [2.24, 2.45) is 0 Å². The summed E-state index contributed by atoms with van der Waals surface area (Å²) in [5.74, 6) is 0.957. The Morgan fingerprint density at radius 3 is 2.47 bits per heavy atom. The van der Waals surface area contributed by atoms with Gasteiger partial charge in [-0.05, 0) is 30.7 Å². The summed E-state index contributed by atoms with van der Waals surface area (Å²) in [5, 5.41) is 3.45. The average molecular weight is 320 g/mol. The van der Waals surface area contributed by atoms with Crippen molar-refractivity contribution in [3.8, 4) is 0 Å². The van der Waals surface area contributed by atoms with Crippen LogP contribution in [0.5, 0.6) is 0 Å². The Hall–Kier alpha value is -1.55. The van der Waals surface area contributed by atoms with Crippen LogP contribution in [0, 0.1) is 0 Å². The molecule has 0 saturated heterocycles. The lowest BCUT2D eigenvalue weighted by atomic mass is 10.1. The Balaban J connectivity index is 2.11. The van der Waals surface area contributed by atoms with Crippen LogP contribution < -0.4 is 10.2 Å². The van der Waals surface area contributed by atoms with Gasteiger partial charge < -0.3 is 10.2 Å². The summed E-state index contributed by atoms with van der Waals surface area (Å²) >= 11 is 3.58. The van der Waals surface area contributed by atoms with Gasteiger partial charge in [-0.15, -0.1) is 0 Å². The molecule has 0 amide bonds. The molecule has 2 aromatic rings. The van der Waals surface area contributed by atoms with Crippen molar-refractivity contribution < 1.29 is 0 Å². The number of rotatable bonds is 4. The van der Waals surface area contributed by atoms with Crippen LogP contribution >= 0.6 is 15.9 Å². The molecule has 2 rings (SSSR count). The minimum Gasteiger partial charge on any atom is -0.377 e. The van der Waals surface area contributed by atoms with Crippen molar-refractivity contribution in [2.75, 3.05) is 24.3 Å². The molecule has 100 valence electrons. The molecule has 1 atom stereocenters. The summed E-state index contributed by atoms with van der Waals surface area (Å²) in [6.07, 6.45) is 1.86. The third-order valence-electron chi connectivity index (χ3n) is 2.96. The number of anilines is 2. The second-order valence-corrected chi connectivity index (χ2v) is 5.54. The predicted octanol–water partition coefficient (Wildman–Crippen LogP) is 4.08. The normalized spacial score (nSPS) is 12.0. The van der Waals surface area contributed by atoms with E-state index in [9.17, 15) is 0 Å². The maximum Gasteiger partial charge on any atom is 0.128 e. The molecule has 0 fully saturated rings. The fourth-order valence-electron chi connectivity index (χ4n) is 1.89.